The summed E-state index contributed by atoms with van der Waals surface area (Å²) in [5.74, 6) is -0.0340. The van der Waals surface area contributed by atoms with Crippen molar-refractivity contribution in [3.63, 3.8) is 0 Å². The quantitative estimate of drug-likeness (QED) is 0.628. The molecule has 4 heteroatoms. The predicted molar refractivity (Wildman–Crippen MR) is 62.1 cm³/mol. The van der Waals surface area contributed by atoms with Gasteiger partial charge in [0.15, 0.2) is 0 Å². The lowest BCUT2D eigenvalue weighted by molar-refractivity contribution is 0.104. The van der Waals surface area contributed by atoms with Crippen LogP contribution in [-0.2, 0) is 7.05 Å². The van der Waals surface area contributed by atoms with Crippen molar-refractivity contribution in [2.45, 2.75) is 6.92 Å². The average Bonchev–Trinajstić information content (AvgIpc) is 2.89. The van der Waals surface area contributed by atoms with E-state index in [1.165, 1.54) is 0 Å². The topological polar surface area (TPSA) is 50.7 Å². The summed E-state index contributed by atoms with van der Waals surface area (Å²) in [5.41, 5.74) is 2.59. The number of nitrogens with zero attached hydrogens (tertiary/aromatic N) is 2. The number of nitrogens with one attached hydrogen (secondary N) is 1. The van der Waals surface area contributed by atoms with Crippen molar-refractivity contribution in [3.05, 3.63) is 47.6 Å². The molecule has 0 saturated heterocycles. The maximum absolute atomic E-state index is 11.7. The third kappa shape index (κ3) is 1.95. The van der Waals surface area contributed by atoms with Gasteiger partial charge in [-0.25, -0.2) is 0 Å². The summed E-state index contributed by atoms with van der Waals surface area (Å²) in [6.07, 6.45) is 6.81. The number of aromatic amines is 1. The Kier molecular flexibility index (Phi) is 2.72. The molecule has 0 radical (unpaired) electrons. The zero-order chi connectivity index (χ0) is 11.5. The third-order valence-corrected chi connectivity index (χ3v) is 2.55. The molecule has 0 unspecified atom stereocenters. The number of carbonyl (C=O) groups is 1. The number of aryl methyl sites for hydroxylation is 1. The fourth-order valence-corrected chi connectivity index (χ4v) is 1.42. The van der Waals surface area contributed by atoms with Gasteiger partial charge in [-0.15, -0.1) is 0 Å². The molecular weight excluding hydrogens is 202 g/mol. The van der Waals surface area contributed by atoms with Gasteiger partial charge in [0.2, 0.25) is 5.78 Å². The fraction of sp³-hybridized carbons (Fsp3) is 0.167. The Hall–Kier alpha value is -2.10. The Morgan fingerprint density at radius 3 is 2.94 bits per heavy atom. The highest BCUT2D eigenvalue weighted by Gasteiger charge is 2.03. The lowest BCUT2D eigenvalue weighted by Gasteiger charge is -1.93. The highest BCUT2D eigenvalue weighted by atomic mass is 16.1. The number of hydrogen-bond donors (Lipinski definition) is 1. The molecular formula is C12H13N3O. The van der Waals surface area contributed by atoms with Gasteiger partial charge in [-0.3, -0.25) is 9.48 Å². The largest absolute Gasteiger partial charge is 0.359 e. The Balaban J connectivity index is 2.16. The molecule has 0 spiro atoms. The van der Waals surface area contributed by atoms with Gasteiger partial charge in [-0.1, -0.05) is 0 Å². The van der Waals surface area contributed by atoms with Gasteiger partial charge in [0.25, 0.3) is 0 Å². The van der Waals surface area contributed by atoms with Crippen molar-refractivity contribution in [2.75, 3.05) is 0 Å². The first kappa shape index (κ1) is 10.4. The Morgan fingerprint density at radius 2 is 2.38 bits per heavy atom. The molecule has 2 aromatic rings. The third-order valence-electron chi connectivity index (χ3n) is 2.55. The number of allylic oxidation sites excluding steroid dienone is 1. The van der Waals surface area contributed by atoms with Crippen molar-refractivity contribution in [2.24, 2.45) is 7.05 Å². The van der Waals surface area contributed by atoms with E-state index >= 15 is 0 Å². The highest BCUT2D eigenvalue weighted by molar-refractivity contribution is 6.05. The molecule has 0 fully saturated rings. The molecule has 0 aliphatic heterocycles. The lowest BCUT2D eigenvalue weighted by atomic mass is 10.2. The maximum Gasteiger partial charge on any atom is 0.201 e. The summed E-state index contributed by atoms with van der Waals surface area (Å²) in [4.78, 5) is 14.5. The van der Waals surface area contributed by atoms with Gasteiger partial charge >= 0.3 is 0 Å². The van der Waals surface area contributed by atoms with E-state index in [1.807, 2.05) is 14.0 Å². The lowest BCUT2D eigenvalue weighted by Crippen LogP contribution is -1.94. The molecule has 0 aliphatic carbocycles. The zero-order valence-corrected chi connectivity index (χ0v) is 9.27. The molecule has 0 saturated carbocycles. The standard InChI is InChI=1S/C12H13N3O/c1-9-10(8-14-15(9)2)5-6-12(16)11-4-3-7-13-11/h3-8,13H,1-2H3. The molecule has 0 atom stereocenters. The SMILES string of the molecule is Cc1c(C=CC(=O)c2ccc[nH]2)cnn1C. The van der Waals surface area contributed by atoms with Gasteiger partial charge in [-0.05, 0) is 31.2 Å². The summed E-state index contributed by atoms with van der Waals surface area (Å²) < 4.78 is 1.78. The van der Waals surface area contributed by atoms with Crippen molar-refractivity contribution in [1.82, 2.24) is 14.8 Å². The van der Waals surface area contributed by atoms with Crippen molar-refractivity contribution in [1.29, 1.82) is 0 Å². The van der Waals surface area contributed by atoms with Gasteiger partial charge in [0.1, 0.15) is 0 Å². The van der Waals surface area contributed by atoms with Crippen LogP contribution in [0.3, 0.4) is 0 Å². The second-order valence-electron chi connectivity index (χ2n) is 3.59. The average molecular weight is 215 g/mol. The van der Waals surface area contributed by atoms with E-state index in [4.69, 9.17) is 0 Å². The molecule has 0 amide bonds. The molecule has 2 heterocycles. The van der Waals surface area contributed by atoms with Crippen LogP contribution < -0.4 is 0 Å². The minimum atomic E-state index is -0.0340. The van der Waals surface area contributed by atoms with E-state index in [9.17, 15) is 4.79 Å². The van der Waals surface area contributed by atoms with Crippen LogP contribution in [0.1, 0.15) is 21.7 Å². The number of ketones is 1. The summed E-state index contributed by atoms with van der Waals surface area (Å²) >= 11 is 0. The van der Waals surface area contributed by atoms with Crippen LogP contribution in [0.5, 0.6) is 0 Å². The predicted octanol–water partition coefficient (Wildman–Crippen LogP) is 1.95. The van der Waals surface area contributed by atoms with E-state index in [2.05, 4.69) is 10.1 Å². The molecule has 16 heavy (non-hydrogen) atoms. The molecule has 2 rings (SSSR count). The van der Waals surface area contributed by atoms with Gasteiger partial charge < -0.3 is 4.98 Å². The van der Waals surface area contributed by atoms with E-state index in [0.717, 1.165) is 11.3 Å². The smallest absolute Gasteiger partial charge is 0.201 e. The monoisotopic (exact) mass is 215 g/mol. The number of hydrogen-bond acceptors (Lipinski definition) is 2. The van der Waals surface area contributed by atoms with Crippen molar-refractivity contribution in [3.8, 4) is 0 Å². The molecule has 1 N–H and O–H groups in total. The van der Waals surface area contributed by atoms with Crippen LogP contribution in [0.25, 0.3) is 6.08 Å². The first-order valence-corrected chi connectivity index (χ1v) is 5.03. The fourth-order valence-electron chi connectivity index (χ4n) is 1.42. The second-order valence-corrected chi connectivity index (χ2v) is 3.59. The second kappa shape index (κ2) is 4.18. The molecule has 4 nitrogen and oxygen atoms in total. The minimum Gasteiger partial charge on any atom is -0.359 e. The first-order valence-electron chi connectivity index (χ1n) is 5.03. The molecule has 0 aliphatic rings. The zero-order valence-electron chi connectivity index (χ0n) is 9.27. The molecule has 82 valence electrons. The van der Waals surface area contributed by atoms with Crippen LogP contribution in [0, 0.1) is 6.92 Å². The van der Waals surface area contributed by atoms with Crippen LogP contribution in [-0.4, -0.2) is 20.5 Å². The summed E-state index contributed by atoms with van der Waals surface area (Å²) in [6.45, 7) is 1.96. The van der Waals surface area contributed by atoms with Crippen LogP contribution in [0.15, 0.2) is 30.6 Å². The van der Waals surface area contributed by atoms with Crippen LogP contribution in [0.4, 0.5) is 0 Å². The molecule has 2 aromatic heterocycles. The number of carbonyl (C=O) groups excluding carboxylic acids is 1. The number of H-pyrrole nitrogens is 1. The van der Waals surface area contributed by atoms with Gasteiger partial charge in [0.05, 0.1) is 11.9 Å². The number of aromatic nitrogens is 3. The summed E-state index contributed by atoms with van der Waals surface area (Å²) in [6, 6.07) is 3.55. The van der Waals surface area contributed by atoms with Crippen molar-refractivity contribution < 1.29 is 4.79 Å². The Morgan fingerprint density at radius 1 is 1.56 bits per heavy atom. The molecule has 0 bridgehead atoms. The van der Waals surface area contributed by atoms with E-state index in [1.54, 1.807) is 41.4 Å². The Bertz CT molecular complexity index is 520. The summed E-state index contributed by atoms with van der Waals surface area (Å²) in [7, 11) is 1.87. The maximum atomic E-state index is 11.7. The van der Waals surface area contributed by atoms with Crippen molar-refractivity contribution >= 4 is 11.9 Å². The molecule has 0 aromatic carbocycles. The van der Waals surface area contributed by atoms with Crippen LogP contribution >= 0.6 is 0 Å². The van der Waals surface area contributed by atoms with Gasteiger partial charge in [-0.2, -0.15) is 5.10 Å². The van der Waals surface area contributed by atoms with Crippen LogP contribution in [0.2, 0.25) is 0 Å². The first-order chi connectivity index (χ1) is 7.68. The van der Waals surface area contributed by atoms with Gasteiger partial charge in [0, 0.05) is 24.5 Å². The number of rotatable bonds is 3. The summed E-state index contributed by atoms with van der Waals surface area (Å²) in [5, 5.41) is 4.10. The van der Waals surface area contributed by atoms with E-state index in [0.29, 0.717) is 5.69 Å². The highest BCUT2D eigenvalue weighted by Crippen LogP contribution is 2.08. The van der Waals surface area contributed by atoms with E-state index in [-0.39, 0.29) is 5.78 Å². The normalized spacial score (nSPS) is 11.1. The minimum absolute atomic E-state index is 0.0340. The Labute approximate surface area is 93.6 Å². The van der Waals surface area contributed by atoms with E-state index < -0.39 is 0 Å².